The van der Waals surface area contributed by atoms with Crippen molar-refractivity contribution in [1.82, 2.24) is 5.32 Å². The third-order valence-corrected chi connectivity index (χ3v) is 6.79. The van der Waals surface area contributed by atoms with Crippen molar-refractivity contribution in [3.8, 4) is 0 Å². The normalized spacial score (nSPS) is 24.0. The monoisotopic (exact) mass is 435 g/mol. The van der Waals surface area contributed by atoms with Crippen LogP contribution in [-0.2, 0) is 25.5 Å². The van der Waals surface area contributed by atoms with Crippen LogP contribution in [0.5, 0.6) is 0 Å². The molecule has 26 heavy (non-hydrogen) atoms. The number of alkyl halides is 4. The number of hydrogen-bond acceptors (Lipinski definition) is 5. The maximum absolute atomic E-state index is 13.2. The Morgan fingerprint density at radius 2 is 2.08 bits per heavy atom. The molecule has 0 spiro atoms. The first-order valence-electron chi connectivity index (χ1n) is 7.20. The fraction of sp³-hybridized carbons (Fsp3) is 0.500. The molecule has 6 nitrogen and oxygen atoms in total. The zero-order valence-electron chi connectivity index (χ0n) is 13.0. The van der Waals surface area contributed by atoms with Gasteiger partial charge in [-0.25, -0.2) is 13.2 Å². The number of hydrogen-bond donors (Lipinski definition) is 2. The zero-order valence-corrected chi connectivity index (χ0v) is 15.3. The van der Waals surface area contributed by atoms with E-state index in [2.05, 4.69) is 5.32 Å². The number of benzene rings is 1. The summed E-state index contributed by atoms with van der Waals surface area (Å²) >= 11 is 11.9. The van der Waals surface area contributed by atoms with Gasteiger partial charge in [-0.2, -0.15) is 13.2 Å². The molecule has 1 aromatic rings. The number of carboxylic acid groups (broad SMARTS) is 1. The van der Waals surface area contributed by atoms with E-state index in [0.29, 0.717) is 6.07 Å². The van der Waals surface area contributed by atoms with E-state index in [4.69, 9.17) is 33.0 Å². The molecule has 0 aromatic heterocycles. The highest BCUT2D eigenvalue weighted by Crippen LogP contribution is 2.41. The third kappa shape index (κ3) is 4.61. The van der Waals surface area contributed by atoms with Crippen LogP contribution < -0.4 is 5.32 Å². The van der Waals surface area contributed by atoms with Crippen LogP contribution in [0.15, 0.2) is 23.1 Å². The lowest BCUT2D eigenvalue weighted by Gasteiger charge is -2.21. The summed E-state index contributed by atoms with van der Waals surface area (Å²) < 4.78 is 70.0. The van der Waals surface area contributed by atoms with E-state index < -0.39 is 54.3 Å². The highest BCUT2D eigenvalue weighted by atomic mass is 35.5. The molecule has 0 amide bonds. The van der Waals surface area contributed by atoms with Crippen molar-refractivity contribution in [2.24, 2.45) is 0 Å². The predicted molar refractivity (Wildman–Crippen MR) is 87.1 cm³/mol. The maximum Gasteiger partial charge on any atom is 0.417 e. The summed E-state index contributed by atoms with van der Waals surface area (Å²) in [4.78, 5) is 8.05. The molecule has 1 saturated heterocycles. The molecule has 2 N–H and O–H groups in total. The van der Waals surface area contributed by atoms with Gasteiger partial charge in [-0.1, -0.05) is 29.3 Å². The number of nitrogens with one attached hydrogen (secondary N) is 1. The summed E-state index contributed by atoms with van der Waals surface area (Å²) in [7, 11) is -4.47. The standard InChI is InChI=1S/C14H14Cl2F3NO5S/c15-10-3-1-2-9(14(17,18)19)12(10)26(23,24)8-4-13(16,20-5-8)7-25-6-11(21)22/h1-3,8,20H,4-7H2,(H,21,22). The summed E-state index contributed by atoms with van der Waals surface area (Å²) in [5.41, 5.74) is -1.35. The summed E-state index contributed by atoms with van der Waals surface area (Å²) in [5.74, 6) is -1.24. The summed E-state index contributed by atoms with van der Waals surface area (Å²) in [6.07, 6.45) is -5.18. The predicted octanol–water partition coefficient (Wildman–Crippen LogP) is 2.53. The van der Waals surface area contributed by atoms with Gasteiger partial charge in [-0.3, -0.25) is 5.32 Å². The molecular formula is C14H14Cl2F3NO5S. The molecule has 1 aromatic carbocycles. The van der Waals surface area contributed by atoms with E-state index in [0.717, 1.165) is 12.1 Å². The largest absolute Gasteiger partial charge is 0.480 e. The van der Waals surface area contributed by atoms with Gasteiger partial charge in [0.1, 0.15) is 11.6 Å². The summed E-state index contributed by atoms with van der Waals surface area (Å²) in [6.45, 7) is -1.21. The Bertz CT molecular complexity index is 802. The molecular weight excluding hydrogens is 422 g/mol. The first-order valence-corrected chi connectivity index (χ1v) is 9.50. The first-order chi connectivity index (χ1) is 11.9. The van der Waals surface area contributed by atoms with E-state index in [1.165, 1.54) is 0 Å². The molecule has 1 aliphatic heterocycles. The number of aliphatic carboxylic acids is 1. The molecule has 0 saturated carbocycles. The third-order valence-electron chi connectivity index (χ3n) is 3.75. The van der Waals surface area contributed by atoms with Crippen molar-refractivity contribution in [1.29, 1.82) is 0 Å². The second-order valence-electron chi connectivity index (χ2n) is 5.72. The van der Waals surface area contributed by atoms with E-state index in [1.54, 1.807) is 0 Å². The Morgan fingerprint density at radius 3 is 2.65 bits per heavy atom. The van der Waals surface area contributed by atoms with Crippen LogP contribution >= 0.6 is 23.2 Å². The molecule has 2 rings (SSSR count). The number of carboxylic acids is 1. The lowest BCUT2D eigenvalue weighted by atomic mass is 10.2. The lowest BCUT2D eigenvalue weighted by Crippen LogP contribution is -2.38. The van der Waals surface area contributed by atoms with E-state index in [9.17, 15) is 26.4 Å². The molecule has 146 valence electrons. The van der Waals surface area contributed by atoms with Crippen LogP contribution in [0, 0.1) is 0 Å². The minimum atomic E-state index is -4.90. The van der Waals surface area contributed by atoms with Gasteiger partial charge in [0.2, 0.25) is 0 Å². The van der Waals surface area contributed by atoms with Gasteiger partial charge in [-0.05, 0) is 12.1 Å². The Labute approximate surface area is 157 Å². The SMILES string of the molecule is O=C(O)COCC1(Cl)CC(S(=O)(=O)c2c(Cl)cccc2C(F)(F)F)CN1. The maximum atomic E-state index is 13.2. The van der Waals surface area contributed by atoms with Crippen molar-refractivity contribution < 1.29 is 36.2 Å². The van der Waals surface area contributed by atoms with Gasteiger partial charge < -0.3 is 9.84 Å². The Balaban J connectivity index is 2.29. The number of halogens is 5. The number of ether oxygens (including phenoxy) is 1. The zero-order chi connectivity index (χ0) is 19.8. The molecule has 12 heteroatoms. The van der Waals surface area contributed by atoms with Crippen molar-refractivity contribution in [3.05, 3.63) is 28.8 Å². The number of rotatable bonds is 6. The number of carbonyl (C=O) groups is 1. The number of sulfone groups is 1. The van der Waals surface area contributed by atoms with E-state index >= 15 is 0 Å². The second-order valence-corrected chi connectivity index (χ2v) is 9.01. The Morgan fingerprint density at radius 1 is 1.42 bits per heavy atom. The molecule has 2 atom stereocenters. The average molecular weight is 436 g/mol. The van der Waals surface area contributed by atoms with Crippen molar-refractivity contribution in [2.75, 3.05) is 19.8 Å². The van der Waals surface area contributed by atoms with Crippen LogP contribution in [0.2, 0.25) is 5.02 Å². The van der Waals surface area contributed by atoms with E-state index in [-0.39, 0.29) is 19.6 Å². The summed E-state index contributed by atoms with van der Waals surface area (Å²) in [5, 5.41) is 9.37. The van der Waals surface area contributed by atoms with Crippen LogP contribution in [0.1, 0.15) is 12.0 Å². The minimum absolute atomic E-state index is 0.231. The van der Waals surface area contributed by atoms with Crippen LogP contribution in [-0.4, -0.2) is 49.5 Å². The van der Waals surface area contributed by atoms with Crippen LogP contribution in [0.25, 0.3) is 0 Å². The molecule has 0 bridgehead atoms. The van der Waals surface area contributed by atoms with Crippen molar-refractivity contribution in [2.45, 2.75) is 27.7 Å². The molecule has 1 aliphatic rings. The quantitative estimate of drug-likeness (QED) is 0.526. The molecule has 2 unspecified atom stereocenters. The average Bonchev–Trinajstić information content (AvgIpc) is 2.88. The second kappa shape index (κ2) is 7.51. The molecule has 0 radical (unpaired) electrons. The summed E-state index contributed by atoms with van der Waals surface area (Å²) in [6, 6.07) is 2.73. The Hall–Kier alpha value is -1.07. The molecule has 0 aliphatic carbocycles. The fourth-order valence-electron chi connectivity index (χ4n) is 2.62. The highest BCUT2D eigenvalue weighted by Gasteiger charge is 2.47. The van der Waals surface area contributed by atoms with Crippen molar-refractivity contribution >= 4 is 39.0 Å². The topological polar surface area (TPSA) is 92.7 Å². The van der Waals surface area contributed by atoms with Crippen LogP contribution in [0.3, 0.4) is 0 Å². The van der Waals surface area contributed by atoms with Crippen molar-refractivity contribution in [3.63, 3.8) is 0 Å². The smallest absolute Gasteiger partial charge is 0.417 e. The van der Waals surface area contributed by atoms with Gasteiger partial charge in [0.25, 0.3) is 0 Å². The highest BCUT2D eigenvalue weighted by molar-refractivity contribution is 7.92. The van der Waals surface area contributed by atoms with Gasteiger partial charge in [0.15, 0.2) is 9.84 Å². The van der Waals surface area contributed by atoms with Gasteiger partial charge in [-0.15, -0.1) is 0 Å². The lowest BCUT2D eigenvalue weighted by molar-refractivity contribution is -0.142. The first kappa shape index (κ1) is 21.2. The van der Waals surface area contributed by atoms with Crippen LogP contribution in [0.4, 0.5) is 13.2 Å². The molecule has 1 heterocycles. The van der Waals surface area contributed by atoms with Gasteiger partial charge in [0, 0.05) is 13.0 Å². The van der Waals surface area contributed by atoms with Gasteiger partial charge in [0.05, 0.1) is 27.3 Å². The van der Waals surface area contributed by atoms with E-state index in [1.807, 2.05) is 0 Å². The fourth-order valence-corrected chi connectivity index (χ4v) is 5.52. The Kier molecular flexibility index (Phi) is 6.13. The van der Waals surface area contributed by atoms with Gasteiger partial charge >= 0.3 is 12.1 Å². The minimum Gasteiger partial charge on any atom is -0.480 e. The molecule has 1 fully saturated rings.